The number of hydrogen-bond donors (Lipinski definition) is 0. The lowest BCUT2D eigenvalue weighted by molar-refractivity contribution is 0.543. The Hall–Kier alpha value is -0.500. The van der Waals surface area contributed by atoms with Gasteiger partial charge in [-0.3, -0.25) is 4.68 Å². The Morgan fingerprint density at radius 2 is 2.21 bits per heavy atom. The molecular formula is C11H17ClN2. The van der Waals surface area contributed by atoms with Crippen LogP contribution in [0.3, 0.4) is 0 Å². The van der Waals surface area contributed by atoms with Crippen molar-refractivity contribution in [2.75, 3.05) is 0 Å². The molecule has 0 spiro atoms. The average Bonchev–Trinajstić information content (AvgIpc) is 2.45. The molecule has 2 rings (SSSR count). The van der Waals surface area contributed by atoms with Crippen LogP contribution in [0.4, 0.5) is 0 Å². The highest BCUT2D eigenvalue weighted by atomic mass is 35.5. The molecule has 0 aliphatic heterocycles. The molecule has 1 saturated carbocycles. The molecule has 0 amide bonds. The van der Waals surface area contributed by atoms with Crippen LogP contribution in [0.1, 0.15) is 43.7 Å². The third-order valence-corrected chi connectivity index (χ3v) is 3.53. The van der Waals surface area contributed by atoms with Crippen molar-refractivity contribution in [3.8, 4) is 0 Å². The zero-order chi connectivity index (χ0) is 9.97. The molecule has 14 heavy (non-hydrogen) atoms. The number of rotatable bonds is 1. The predicted molar refractivity (Wildman–Crippen MR) is 58.7 cm³/mol. The van der Waals surface area contributed by atoms with Crippen LogP contribution in [-0.2, 0) is 7.05 Å². The van der Waals surface area contributed by atoms with Gasteiger partial charge in [0.1, 0.15) is 0 Å². The summed E-state index contributed by atoms with van der Waals surface area (Å²) in [5.74, 6) is 0.618. The van der Waals surface area contributed by atoms with E-state index in [1.807, 2.05) is 17.9 Å². The van der Waals surface area contributed by atoms with E-state index < -0.39 is 0 Å². The zero-order valence-electron chi connectivity index (χ0n) is 8.62. The third kappa shape index (κ3) is 2.11. The van der Waals surface area contributed by atoms with Crippen LogP contribution in [0, 0.1) is 0 Å². The molecular weight excluding hydrogens is 196 g/mol. The Morgan fingerprint density at radius 3 is 2.93 bits per heavy atom. The molecule has 2 atom stereocenters. The maximum Gasteiger partial charge on any atom is 0.0492 e. The first kappa shape index (κ1) is 10.0. The minimum Gasteiger partial charge on any atom is -0.272 e. The third-order valence-electron chi connectivity index (χ3n) is 3.14. The highest BCUT2D eigenvalue weighted by Crippen LogP contribution is 2.33. The standard InChI is InChI=1S/C11H17ClN2/c1-14-11(6-7-13-14)9-4-2-3-5-10(12)8-9/h6-7,9-10H,2-5,8H2,1H3. The molecule has 2 nitrogen and oxygen atoms in total. The van der Waals surface area contributed by atoms with Gasteiger partial charge in [-0.1, -0.05) is 12.8 Å². The number of alkyl halides is 1. The minimum absolute atomic E-state index is 0.359. The van der Waals surface area contributed by atoms with Crippen molar-refractivity contribution >= 4 is 11.6 Å². The summed E-state index contributed by atoms with van der Waals surface area (Å²) in [6.07, 6.45) is 8.02. The molecule has 0 radical (unpaired) electrons. The van der Waals surface area contributed by atoms with Gasteiger partial charge in [0, 0.05) is 30.2 Å². The Morgan fingerprint density at radius 1 is 1.43 bits per heavy atom. The van der Waals surface area contributed by atoms with E-state index in [-0.39, 0.29) is 0 Å². The molecule has 1 aliphatic rings. The Bertz CT molecular complexity index is 295. The van der Waals surface area contributed by atoms with Gasteiger partial charge in [0.2, 0.25) is 0 Å². The van der Waals surface area contributed by atoms with Crippen LogP contribution >= 0.6 is 11.6 Å². The summed E-state index contributed by atoms with van der Waals surface area (Å²) in [6, 6.07) is 2.12. The smallest absolute Gasteiger partial charge is 0.0492 e. The number of nitrogens with zero attached hydrogens (tertiary/aromatic N) is 2. The Labute approximate surface area is 90.3 Å². The van der Waals surface area contributed by atoms with Gasteiger partial charge in [-0.05, 0) is 25.3 Å². The van der Waals surface area contributed by atoms with Crippen molar-refractivity contribution in [2.24, 2.45) is 7.05 Å². The summed E-state index contributed by atoms with van der Waals surface area (Å²) < 4.78 is 1.99. The monoisotopic (exact) mass is 212 g/mol. The summed E-state index contributed by atoms with van der Waals surface area (Å²) in [4.78, 5) is 0. The fraction of sp³-hybridized carbons (Fsp3) is 0.727. The van der Waals surface area contributed by atoms with Gasteiger partial charge < -0.3 is 0 Å². The van der Waals surface area contributed by atoms with Crippen LogP contribution in [0.5, 0.6) is 0 Å². The maximum absolute atomic E-state index is 6.26. The lowest BCUT2D eigenvalue weighted by Gasteiger charge is -2.16. The second-order valence-electron chi connectivity index (χ2n) is 4.19. The van der Waals surface area contributed by atoms with Crippen LogP contribution in [0.2, 0.25) is 0 Å². The van der Waals surface area contributed by atoms with Crippen molar-refractivity contribution in [2.45, 2.75) is 43.4 Å². The van der Waals surface area contributed by atoms with Gasteiger partial charge in [0.05, 0.1) is 0 Å². The summed E-state index contributed by atoms with van der Waals surface area (Å²) in [5, 5.41) is 4.58. The van der Waals surface area contributed by atoms with Crippen molar-refractivity contribution < 1.29 is 0 Å². The van der Waals surface area contributed by atoms with Crippen LogP contribution in [0.25, 0.3) is 0 Å². The fourth-order valence-electron chi connectivity index (χ4n) is 2.35. The number of aromatic nitrogens is 2. The van der Waals surface area contributed by atoms with Crippen molar-refractivity contribution in [3.05, 3.63) is 18.0 Å². The summed E-state index contributed by atoms with van der Waals surface area (Å²) in [5.41, 5.74) is 1.34. The second kappa shape index (κ2) is 4.35. The molecule has 2 unspecified atom stereocenters. The van der Waals surface area contributed by atoms with Gasteiger partial charge in [-0.15, -0.1) is 11.6 Å². The topological polar surface area (TPSA) is 17.8 Å². The van der Waals surface area contributed by atoms with Gasteiger partial charge >= 0.3 is 0 Å². The van der Waals surface area contributed by atoms with Crippen LogP contribution in [0.15, 0.2) is 12.3 Å². The predicted octanol–water partition coefficient (Wildman–Crippen LogP) is 3.08. The summed E-state index contributed by atoms with van der Waals surface area (Å²) in [6.45, 7) is 0. The molecule has 1 fully saturated rings. The molecule has 0 bridgehead atoms. The summed E-state index contributed by atoms with van der Waals surface area (Å²) >= 11 is 6.26. The van der Waals surface area contributed by atoms with Gasteiger partial charge in [0.25, 0.3) is 0 Å². The average molecular weight is 213 g/mol. The SMILES string of the molecule is Cn1nccc1C1CCCCC(Cl)C1. The van der Waals surface area contributed by atoms with E-state index in [0.717, 1.165) is 6.42 Å². The van der Waals surface area contributed by atoms with Crippen molar-refractivity contribution in [3.63, 3.8) is 0 Å². The first-order valence-electron chi connectivity index (χ1n) is 5.39. The molecule has 3 heteroatoms. The highest BCUT2D eigenvalue weighted by Gasteiger charge is 2.21. The fourth-order valence-corrected chi connectivity index (χ4v) is 2.72. The number of halogens is 1. The molecule has 0 saturated heterocycles. The van der Waals surface area contributed by atoms with E-state index in [1.165, 1.54) is 31.4 Å². The molecule has 0 N–H and O–H groups in total. The van der Waals surface area contributed by atoms with E-state index in [1.54, 1.807) is 0 Å². The lowest BCUT2D eigenvalue weighted by atomic mass is 9.96. The molecule has 1 aromatic rings. The first-order valence-corrected chi connectivity index (χ1v) is 5.83. The van der Waals surface area contributed by atoms with Gasteiger partial charge in [-0.2, -0.15) is 5.10 Å². The van der Waals surface area contributed by atoms with Crippen molar-refractivity contribution in [1.82, 2.24) is 9.78 Å². The van der Waals surface area contributed by atoms with E-state index in [2.05, 4.69) is 11.2 Å². The number of hydrogen-bond acceptors (Lipinski definition) is 1. The van der Waals surface area contributed by atoms with Crippen LogP contribution in [-0.4, -0.2) is 15.2 Å². The van der Waals surface area contributed by atoms with E-state index in [4.69, 9.17) is 11.6 Å². The normalized spacial score (nSPS) is 28.7. The molecule has 1 aliphatic carbocycles. The number of aryl methyl sites for hydroxylation is 1. The van der Waals surface area contributed by atoms with E-state index in [0.29, 0.717) is 11.3 Å². The Kier molecular flexibility index (Phi) is 3.12. The van der Waals surface area contributed by atoms with E-state index >= 15 is 0 Å². The Balaban J connectivity index is 2.13. The van der Waals surface area contributed by atoms with Crippen LogP contribution < -0.4 is 0 Å². The van der Waals surface area contributed by atoms with E-state index in [9.17, 15) is 0 Å². The molecule has 1 heterocycles. The quantitative estimate of drug-likeness (QED) is 0.517. The molecule has 0 aromatic carbocycles. The zero-order valence-corrected chi connectivity index (χ0v) is 9.37. The van der Waals surface area contributed by atoms with Gasteiger partial charge in [-0.25, -0.2) is 0 Å². The first-order chi connectivity index (χ1) is 6.77. The molecule has 1 aromatic heterocycles. The largest absolute Gasteiger partial charge is 0.272 e. The van der Waals surface area contributed by atoms with Gasteiger partial charge in [0.15, 0.2) is 0 Å². The minimum atomic E-state index is 0.359. The highest BCUT2D eigenvalue weighted by molar-refractivity contribution is 6.20. The molecule has 78 valence electrons. The lowest BCUT2D eigenvalue weighted by Crippen LogP contribution is -2.08. The second-order valence-corrected chi connectivity index (χ2v) is 4.81. The van der Waals surface area contributed by atoms with Crippen molar-refractivity contribution in [1.29, 1.82) is 0 Å². The summed E-state index contributed by atoms with van der Waals surface area (Å²) in [7, 11) is 2.02. The maximum atomic E-state index is 6.26.